The lowest BCUT2D eigenvalue weighted by Gasteiger charge is -2.39. The predicted molar refractivity (Wildman–Crippen MR) is 77.0 cm³/mol. The smallest absolute Gasteiger partial charge is 0.119 e. The fraction of sp³-hybridized carbons (Fsp3) is 0.625. The van der Waals surface area contributed by atoms with Crippen LogP contribution >= 0.6 is 0 Å². The minimum Gasteiger partial charge on any atom is -0.497 e. The molecule has 2 N–H and O–H groups in total. The van der Waals surface area contributed by atoms with Crippen LogP contribution in [0.25, 0.3) is 0 Å². The molecule has 110 valence electrons. The summed E-state index contributed by atoms with van der Waals surface area (Å²) in [5.74, 6) is 1.08. The number of fused-ring (bicyclic) bond motifs is 1. The molecular formula is C16H23NO3. The molecule has 1 aliphatic heterocycles. The summed E-state index contributed by atoms with van der Waals surface area (Å²) in [7, 11) is 1.68. The van der Waals surface area contributed by atoms with Crippen LogP contribution < -0.4 is 10.1 Å². The molecule has 3 rings (SSSR count). The van der Waals surface area contributed by atoms with E-state index in [1.807, 2.05) is 18.2 Å². The van der Waals surface area contributed by atoms with Crippen LogP contribution in [0.15, 0.2) is 18.2 Å². The molecule has 0 saturated carbocycles. The van der Waals surface area contributed by atoms with Gasteiger partial charge in [0.15, 0.2) is 0 Å². The van der Waals surface area contributed by atoms with Crippen molar-refractivity contribution in [2.75, 3.05) is 20.3 Å². The van der Waals surface area contributed by atoms with Gasteiger partial charge in [0.1, 0.15) is 5.75 Å². The Morgan fingerprint density at radius 3 is 2.95 bits per heavy atom. The monoisotopic (exact) mass is 277 g/mol. The maximum Gasteiger partial charge on any atom is 0.119 e. The van der Waals surface area contributed by atoms with Gasteiger partial charge in [-0.1, -0.05) is 6.07 Å². The standard InChI is InChI=1S/C16H23NO3/c1-10-8-20-9-15(17-10)14-5-3-11-7-12(19-2)4-6-13(11)16(14)18/h4,6-7,10,14-18H,3,5,8-9H2,1-2H3. The van der Waals surface area contributed by atoms with Gasteiger partial charge in [-0.05, 0) is 43.0 Å². The number of hydrogen-bond acceptors (Lipinski definition) is 4. The lowest BCUT2D eigenvalue weighted by molar-refractivity contribution is -0.00991. The van der Waals surface area contributed by atoms with Crippen molar-refractivity contribution in [3.8, 4) is 5.75 Å². The number of aliphatic hydroxyl groups excluding tert-OH is 1. The Morgan fingerprint density at radius 1 is 1.35 bits per heavy atom. The van der Waals surface area contributed by atoms with Crippen LogP contribution in [-0.4, -0.2) is 37.5 Å². The van der Waals surface area contributed by atoms with Crippen molar-refractivity contribution in [3.63, 3.8) is 0 Å². The first-order chi connectivity index (χ1) is 9.69. The summed E-state index contributed by atoms with van der Waals surface area (Å²) in [4.78, 5) is 0. The summed E-state index contributed by atoms with van der Waals surface area (Å²) in [6.07, 6.45) is 1.55. The fourth-order valence-corrected chi connectivity index (χ4v) is 3.43. The van der Waals surface area contributed by atoms with E-state index >= 15 is 0 Å². The molecule has 0 amide bonds. The second-order valence-corrected chi connectivity index (χ2v) is 5.92. The Morgan fingerprint density at radius 2 is 2.20 bits per heavy atom. The SMILES string of the molecule is COc1ccc2c(c1)CCC(C1COCC(C)N1)C2O. The van der Waals surface area contributed by atoms with E-state index in [4.69, 9.17) is 9.47 Å². The molecule has 20 heavy (non-hydrogen) atoms. The lowest BCUT2D eigenvalue weighted by Crippen LogP contribution is -2.52. The van der Waals surface area contributed by atoms with Gasteiger partial charge in [-0.15, -0.1) is 0 Å². The van der Waals surface area contributed by atoms with E-state index in [0.29, 0.717) is 12.6 Å². The highest BCUT2D eigenvalue weighted by Gasteiger charge is 2.36. The number of ether oxygens (including phenoxy) is 2. The third kappa shape index (κ3) is 2.55. The molecule has 0 aromatic heterocycles. The maximum atomic E-state index is 10.7. The Balaban J connectivity index is 1.80. The van der Waals surface area contributed by atoms with E-state index in [9.17, 15) is 5.11 Å². The molecule has 4 heteroatoms. The molecule has 1 aromatic rings. The van der Waals surface area contributed by atoms with Crippen molar-refractivity contribution in [2.24, 2.45) is 5.92 Å². The van der Waals surface area contributed by atoms with Crippen molar-refractivity contribution in [3.05, 3.63) is 29.3 Å². The molecule has 4 atom stereocenters. The summed E-state index contributed by atoms with van der Waals surface area (Å²) < 4.78 is 10.9. The van der Waals surface area contributed by atoms with Crippen LogP contribution in [0.2, 0.25) is 0 Å². The molecule has 1 saturated heterocycles. The van der Waals surface area contributed by atoms with Gasteiger partial charge in [-0.2, -0.15) is 0 Å². The van der Waals surface area contributed by atoms with E-state index < -0.39 is 6.10 Å². The van der Waals surface area contributed by atoms with Crippen LogP contribution in [0.4, 0.5) is 0 Å². The Hall–Kier alpha value is -1.10. The third-order valence-electron chi connectivity index (χ3n) is 4.50. The number of rotatable bonds is 2. The van der Waals surface area contributed by atoms with Gasteiger partial charge in [-0.3, -0.25) is 0 Å². The number of morpholine rings is 1. The van der Waals surface area contributed by atoms with E-state index in [-0.39, 0.29) is 12.0 Å². The van der Waals surface area contributed by atoms with Crippen molar-refractivity contribution < 1.29 is 14.6 Å². The summed E-state index contributed by atoms with van der Waals surface area (Å²) in [6.45, 7) is 3.57. The summed E-state index contributed by atoms with van der Waals surface area (Å²) in [6, 6.07) is 6.57. The molecular weight excluding hydrogens is 254 g/mol. The molecule has 4 unspecified atom stereocenters. The second-order valence-electron chi connectivity index (χ2n) is 5.92. The zero-order valence-corrected chi connectivity index (χ0v) is 12.1. The molecule has 1 aromatic carbocycles. The quantitative estimate of drug-likeness (QED) is 0.863. The summed E-state index contributed by atoms with van der Waals surface area (Å²) >= 11 is 0. The van der Waals surface area contributed by atoms with Crippen LogP contribution in [0, 0.1) is 5.92 Å². The van der Waals surface area contributed by atoms with Crippen molar-refractivity contribution in [2.45, 2.75) is 38.0 Å². The molecule has 1 aliphatic carbocycles. The van der Waals surface area contributed by atoms with E-state index in [1.54, 1.807) is 7.11 Å². The van der Waals surface area contributed by atoms with Crippen molar-refractivity contribution >= 4 is 0 Å². The molecule has 0 spiro atoms. The zero-order valence-electron chi connectivity index (χ0n) is 12.1. The molecule has 2 aliphatic rings. The Labute approximate surface area is 120 Å². The maximum absolute atomic E-state index is 10.7. The highest BCUT2D eigenvalue weighted by molar-refractivity contribution is 5.39. The van der Waals surface area contributed by atoms with Crippen molar-refractivity contribution in [1.82, 2.24) is 5.32 Å². The number of aryl methyl sites for hydroxylation is 1. The fourth-order valence-electron chi connectivity index (χ4n) is 3.43. The summed E-state index contributed by atoms with van der Waals surface area (Å²) in [5.41, 5.74) is 2.25. The first-order valence-corrected chi connectivity index (χ1v) is 7.37. The minimum atomic E-state index is -0.420. The second kappa shape index (κ2) is 5.72. The zero-order chi connectivity index (χ0) is 14.1. The molecule has 4 nitrogen and oxygen atoms in total. The third-order valence-corrected chi connectivity index (χ3v) is 4.50. The van der Waals surface area contributed by atoms with Gasteiger partial charge in [0.25, 0.3) is 0 Å². The van der Waals surface area contributed by atoms with Crippen molar-refractivity contribution in [1.29, 1.82) is 0 Å². The average molecular weight is 277 g/mol. The first kappa shape index (κ1) is 13.9. The minimum absolute atomic E-state index is 0.221. The van der Waals surface area contributed by atoms with Gasteiger partial charge in [0, 0.05) is 18.0 Å². The summed E-state index contributed by atoms with van der Waals surface area (Å²) in [5, 5.41) is 14.2. The Kier molecular flexibility index (Phi) is 3.96. The normalized spacial score (nSPS) is 33.5. The highest BCUT2D eigenvalue weighted by atomic mass is 16.5. The van der Waals surface area contributed by atoms with Crippen LogP contribution in [0.3, 0.4) is 0 Å². The molecule has 1 fully saturated rings. The van der Waals surface area contributed by atoms with E-state index in [1.165, 1.54) is 5.56 Å². The van der Waals surface area contributed by atoms with Gasteiger partial charge in [0.2, 0.25) is 0 Å². The van der Waals surface area contributed by atoms with Crippen LogP contribution in [0.5, 0.6) is 5.75 Å². The topological polar surface area (TPSA) is 50.7 Å². The number of hydrogen-bond donors (Lipinski definition) is 2. The number of aliphatic hydroxyl groups is 1. The average Bonchev–Trinajstić information content (AvgIpc) is 2.47. The van der Waals surface area contributed by atoms with E-state index in [0.717, 1.165) is 30.8 Å². The number of benzene rings is 1. The molecule has 0 radical (unpaired) electrons. The van der Waals surface area contributed by atoms with Gasteiger partial charge in [0.05, 0.1) is 26.4 Å². The Bertz CT molecular complexity index is 477. The van der Waals surface area contributed by atoms with Gasteiger partial charge in [-0.25, -0.2) is 0 Å². The molecule has 1 heterocycles. The van der Waals surface area contributed by atoms with Crippen LogP contribution in [-0.2, 0) is 11.2 Å². The number of methoxy groups -OCH3 is 1. The largest absolute Gasteiger partial charge is 0.497 e. The van der Waals surface area contributed by atoms with Gasteiger partial charge >= 0.3 is 0 Å². The first-order valence-electron chi connectivity index (χ1n) is 7.37. The predicted octanol–water partition coefficient (Wildman–Crippen LogP) is 1.67. The van der Waals surface area contributed by atoms with E-state index in [2.05, 4.69) is 12.2 Å². The lowest BCUT2D eigenvalue weighted by atomic mass is 9.77. The van der Waals surface area contributed by atoms with Crippen LogP contribution in [0.1, 0.15) is 30.6 Å². The molecule has 0 bridgehead atoms. The number of nitrogens with one attached hydrogen (secondary N) is 1. The highest BCUT2D eigenvalue weighted by Crippen LogP contribution is 2.38. The van der Waals surface area contributed by atoms with Gasteiger partial charge < -0.3 is 19.9 Å².